The predicted molar refractivity (Wildman–Crippen MR) is 127 cm³/mol. The first-order valence-corrected chi connectivity index (χ1v) is 11.5. The molecule has 2 aromatic carbocycles. The Bertz CT molecular complexity index is 1360. The van der Waals surface area contributed by atoms with Gasteiger partial charge in [0.05, 0.1) is 11.1 Å². The van der Waals surface area contributed by atoms with Crippen molar-refractivity contribution in [3.63, 3.8) is 0 Å². The fraction of sp³-hybridized carbons (Fsp3) is 0.222. The third-order valence-electron chi connectivity index (χ3n) is 6.63. The first kappa shape index (κ1) is 22.5. The maximum atomic E-state index is 13.6. The van der Waals surface area contributed by atoms with Gasteiger partial charge in [0.15, 0.2) is 11.5 Å². The van der Waals surface area contributed by atoms with Crippen LogP contribution in [-0.4, -0.2) is 36.8 Å². The Morgan fingerprint density at radius 1 is 0.886 bits per heavy atom. The van der Waals surface area contributed by atoms with Crippen LogP contribution in [0.3, 0.4) is 0 Å². The van der Waals surface area contributed by atoms with E-state index in [0.717, 1.165) is 37.7 Å². The Kier molecular flexibility index (Phi) is 5.86. The summed E-state index contributed by atoms with van der Waals surface area (Å²) in [5, 5.41) is 35.1. The van der Waals surface area contributed by atoms with Gasteiger partial charge in [-0.2, -0.15) is 0 Å². The summed E-state index contributed by atoms with van der Waals surface area (Å²) in [5.41, 5.74) is 3.02. The summed E-state index contributed by atoms with van der Waals surface area (Å²) in [4.78, 5) is 24.8. The second kappa shape index (κ2) is 9.13. The molecule has 0 radical (unpaired) electrons. The van der Waals surface area contributed by atoms with E-state index in [0.29, 0.717) is 17.1 Å². The van der Waals surface area contributed by atoms with Crippen molar-refractivity contribution < 1.29 is 29.4 Å². The molecule has 178 valence electrons. The van der Waals surface area contributed by atoms with E-state index >= 15 is 0 Å². The lowest BCUT2D eigenvalue weighted by Gasteiger charge is -2.25. The number of carboxylic acids is 1. The van der Waals surface area contributed by atoms with Gasteiger partial charge in [-0.05, 0) is 37.1 Å². The molecule has 0 unspecified atom stereocenters. The van der Waals surface area contributed by atoms with E-state index in [4.69, 9.17) is 9.63 Å². The molecule has 0 atom stereocenters. The molecule has 0 bridgehead atoms. The average Bonchev–Trinajstić information content (AvgIpc) is 3.52. The van der Waals surface area contributed by atoms with Crippen LogP contribution in [0.4, 0.5) is 0 Å². The second-order valence-corrected chi connectivity index (χ2v) is 8.75. The second-order valence-electron chi connectivity index (χ2n) is 8.75. The lowest BCUT2D eigenvalue weighted by atomic mass is 9.84. The topological polar surface area (TPSA) is 126 Å². The zero-order valence-electron chi connectivity index (χ0n) is 18.8. The summed E-state index contributed by atoms with van der Waals surface area (Å²) in [6.45, 7) is 0. The number of nitrogens with zero attached hydrogens (tertiary/aromatic N) is 2. The van der Waals surface area contributed by atoms with E-state index in [2.05, 4.69) is 5.16 Å². The molecule has 0 amide bonds. The lowest BCUT2D eigenvalue weighted by molar-refractivity contribution is 0.0696. The van der Waals surface area contributed by atoms with E-state index < -0.39 is 23.4 Å². The minimum absolute atomic E-state index is 0.0250. The molecule has 1 fully saturated rings. The maximum absolute atomic E-state index is 13.6. The van der Waals surface area contributed by atoms with Crippen LogP contribution in [0.15, 0.2) is 65.4 Å². The number of ketones is 1. The van der Waals surface area contributed by atoms with Crippen LogP contribution in [0.5, 0.6) is 11.6 Å². The quantitative estimate of drug-likeness (QED) is 0.315. The molecule has 0 spiro atoms. The highest BCUT2D eigenvalue weighted by Crippen LogP contribution is 2.46. The van der Waals surface area contributed by atoms with E-state index in [-0.39, 0.29) is 22.6 Å². The average molecular weight is 472 g/mol. The van der Waals surface area contributed by atoms with E-state index in [1.807, 2.05) is 12.1 Å². The minimum atomic E-state index is -1.09. The number of carbonyl (C=O) groups is 2. The van der Waals surface area contributed by atoms with Gasteiger partial charge < -0.3 is 19.8 Å². The van der Waals surface area contributed by atoms with Crippen LogP contribution in [0.1, 0.15) is 70.0 Å². The number of carbonyl (C=O) groups excluding carboxylic acids is 1. The van der Waals surface area contributed by atoms with Gasteiger partial charge in [0.2, 0.25) is 5.88 Å². The number of aromatic hydroxyl groups is 2. The van der Waals surface area contributed by atoms with Gasteiger partial charge in [-0.15, -0.1) is 0 Å². The Balaban J connectivity index is 1.63. The van der Waals surface area contributed by atoms with Crippen molar-refractivity contribution in [2.24, 2.45) is 0 Å². The molecule has 8 nitrogen and oxygen atoms in total. The monoisotopic (exact) mass is 472 g/mol. The standard InChI is InChI=1S/C27H24N2O6/c30-24(18-6-8-19(9-7-18)27(33)34)22-23(17-4-2-1-3-5-17)29(26(32)25(22)31)20-12-10-16(11-13-20)21-14-15-35-28-21/h6-15,17,31-32H,1-5H2,(H,33,34). The van der Waals surface area contributed by atoms with Crippen LogP contribution in [0.2, 0.25) is 0 Å². The Labute approximate surface area is 201 Å². The number of rotatable bonds is 6. The molecule has 1 saturated carbocycles. The molecule has 3 N–H and O–H groups in total. The van der Waals surface area contributed by atoms with Crippen molar-refractivity contribution in [3.05, 3.63) is 83.2 Å². The summed E-state index contributed by atoms with van der Waals surface area (Å²) in [6, 6.07) is 14.6. The van der Waals surface area contributed by atoms with Crippen LogP contribution < -0.4 is 0 Å². The molecule has 0 aliphatic heterocycles. The van der Waals surface area contributed by atoms with E-state index in [1.165, 1.54) is 30.5 Å². The van der Waals surface area contributed by atoms with Crippen molar-refractivity contribution in [2.75, 3.05) is 0 Å². The number of aromatic nitrogens is 2. The highest BCUT2D eigenvalue weighted by atomic mass is 16.5. The Hall–Kier alpha value is -4.33. The molecule has 35 heavy (non-hydrogen) atoms. The molecule has 2 heterocycles. The molecule has 8 heteroatoms. The third kappa shape index (κ3) is 4.07. The Morgan fingerprint density at radius 2 is 1.54 bits per heavy atom. The molecule has 0 saturated heterocycles. The third-order valence-corrected chi connectivity index (χ3v) is 6.63. The highest BCUT2D eigenvalue weighted by Gasteiger charge is 2.33. The summed E-state index contributed by atoms with van der Waals surface area (Å²) in [6.07, 6.45) is 6.23. The highest BCUT2D eigenvalue weighted by molar-refractivity contribution is 6.12. The molecule has 5 rings (SSSR count). The molecule has 2 aromatic heterocycles. The van der Waals surface area contributed by atoms with Gasteiger partial charge in [0, 0.05) is 34.5 Å². The van der Waals surface area contributed by atoms with Crippen molar-refractivity contribution in [3.8, 4) is 28.6 Å². The summed E-state index contributed by atoms with van der Waals surface area (Å²) < 4.78 is 6.46. The van der Waals surface area contributed by atoms with Gasteiger partial charge >= 0.3 is 5.97 Å². The SMILES string of the molecule is O=C(O)c1ccc(C(=O)c2c(O)c(O)n(-c3ccc(-c4ccon4)cc3)c2C2CCCCC2)cc1. The van der Waals surface area contributed by atoms with Crippen LogP contribution in [0, 0.1) is 0 Å². The fourth-order valence-corrected chi connectivity index (χ4v) is 4.86. The van der Waals surface area contributed by atoms with Crippen LogP contribution in [0.25, 0.3) is 16.9 Å². The molecule has 1 aliphatic carbocycles. The number of carboxylic acid groups (broad SMARTS) is 1. The summed E-state index contributed by atoms with van der Waals surface area (Å²) in [5.74, 6) is -2.45. The molecular weight excluding hydrogens is 448 g/mol. The predicted octanol–water partition coefficient (Wildman–Crippen LogP) is 5.52. The smallest absolute Gasteiger partial charge is 0.335 e. The molecular formula is C27H24N2O6. The lowest BCUT2D eigenvalue weighted by Crippen LogP contribution is -2.15. The van der Waals surface area contributed by atoms with Crippen LogP contribution in [-0.2, 0) is 0 Å². The summed E-state index contributed by atoms with van der Waals surface area (Å²) in [7, 11) is 0. The minimum Gasteiger partial charge on any atom is -0.503 e. The van der Waals surface area contributed by atoms with E-state index in [9.17, 15) is 19.8 Å². The number of hydrogen-bond donors (Lipinski definition) is 3. The van der Waals surface area contributed by atoms with Gasteiger partial charge in [0.25, 0.3) is 0 Å². The largest absolute Gasteiger partial charge is 0.503 e. The van der Waals surface area contributed by atoms with Gasteiger partial charge in [-0.25, -0.2) is 4.79 Å². The van der Waals surface area contributed by atoms with Crippen molar-refractivity contribution >= 4 is 11.8 Å². The number of aromatic carboxylic acids is 1. The molecule has 1 aliphatic rings. The van der Waals surface area contributed by atoms with Crippen LogP contribution >= 0.6 is 0 Å². The normalized spacial score (nSPS) is 14.2. The zero-order chi connectivity index (χ0) is 24.5. The van der Waals surface area contributed by atoms with E-state index in [1.54, 1.807) is 22.8 Å². The van der Waals surface area contributed by atoms with Gasteiger partial charge in [-0.1, -0.05) is 48.7 Å². The molecule has 4 aromatic rings. The first-order valence-electron chi connectivity index (χ1n) is 11.5. The zero-order valence-corrected chi connectivity index (χ0v) is 18.8. The Morgan fingerprint density at radius 3 is 2.14 bits per heavy atom. The summed E-state index contributed by atoms with van der Waals surface area (Å²) >= 11 is 0. The number of benzene rings is 2. The fourth-order valence-electron chi connectivity index (χ4n) is 4.86. The van der Waals surface area contributed by atoms with Crippen molar-refractivity contribution in [2.45, 2.75) is 38.0 Å². The number of hydrogen-bond acceptors (Lipinski definition) is 6. The maximum Gasteiger partial charge on any atom is 0.335 e. The van der Waals surface area contributed by atoms with Gasteiger partial charge in [0.1, 0.15) is 12.0 Å². The van der Waals surface area contributed by atoms with Crippen molar-refractivity contribution in [1.82, 2.24) is 9.72 Å². The van der Waals surface area contributed by atoms with Gasteiger partial charge in [-0.3, -0.25) is 9.36 Å². The first-order chi connectivity index (χ1) is 17.0. The van der Waals surface area contributed by atoms with Crippen molar-refractivity contribution in [1.29, 1.82) is 0 Å².